The highest BCUT2D eigenvalue weighted by molar-refractivity contribution is 14.1. The maximum atomic E-state index is 11.3. The van der Waals surface area contributed by atoms with Gasteiger partial charge in [0, 0.05) is 7.14 Å². The number of anilines is 1. The molecule has 0 fully saturated rings. The number of rotatable bonds is 3. The van der Waals surface area contributed by atoms with Crippen LogP contribution >= 0.6 is 45.2 Å². The number of carboxylic acids is 1. The first kappa shape index (κ1) is 14.2. The zero-order valence-electron chi connectivity index (χ0n) is 8.33. The van der Waals surface area contributed by atoms with Gasteiger partial charge in [0.05, 0.1) is 17.3 Å². The highest BCUT2D eigenvalue weighted by Gasteiger charge is 2.16. The van der Waals surface area contributed by atoms with Crippen LogP contribution < -0.4 is 5.32 Å². The fourth-order valence-corrected chi connectivity index (χ4v) is 3.10. The average molecular weight is 456 g/mol. The number of nitriles is 1. The number of amides is 1. The van der Waals surface area contributed by atoms with E-state index in [9.17, 15) is 9.59 Å². The van der Waals surface area contributed by atoms with Crippen LogP contribution in [0.1, 0.15) is 16.8 Å². The first-order valence-corrected chi connectivity index (χ1v) is 6.50. The van der Waals surface area contributed by atoms with E-state index in [-0.39, 0.29) is 17.7 Å². The zero-order valence-corrected chi connectivity index (χ0v) is 12.6. The summed E-state index contributed by atoms with van der Waals surface area (Å²) >= 11 is 3.94. The van der Waals surface area contributed by atoms with Crippen molar-refractivity contribution in [2.24, 2.45) is 0 Å². The predicted molar refractivity (Wildman–Crippen MR) is 77.7 cm³/mol. The van der Waals surface area contributed by atoms with Gasteiger partial charge in [-0.2, -0.15) is 5.26 Å². The normalized spacial score (nSPS) is 9.47. The van der Waals surface area contributed by atoms with E-state index in [1.54, 1.807) is 12.1 Å². The zero-order chi connectivity index (χ0) is 13.0. The van der Waals surface area contributed by atoms with Crippen LogP contribution in [0.25, 0.3) is 0 Å². The van der Waals surface area contributed by atoms with Crippen LogP contribution in [0.5, 0.6) is 0 Å². The molecule has 1 rings (SSSR count). The number of carbonyl (C=O) groups excluding carboxylic acids is 1. The number of carboxylic acid groups (broad SMARTS) is 1. The predicted octanol–water partition coefficient (Wildman–Crippen LogP) is 2.45. The highest BCUT2D eigenvalue weighted by atomic mass is 127. The molecule has 7 heteroatoms. The second kappa shape index (κ2) is 6.15. The molecule has 0 unspecified atom stereocenters. The molecule has 0 aliphatic rings. The van der Waals surface area contributed by atoms with Crippen molar-refractivity contribution in [1.82, 2.24) is 0 Å². The van der Waals surface area contributed by atoms with Crippen LogP contribution in [0.3, 0.4) is 0 Å². The Kier molecular flexibility index (Phi) is 5.13. The van der Waals surface area contributed by atoms with Crippen LogP contribution in [0.4, 0.5) is 5.69 Å². The molecular formula is C10H6I2N2O3. The van der Waals surface area contributed by atoms with Crippen molar-refractivity contribution in [2.75, 3.05) is 5.32 Å². The molecule has 2 N–H and O–H groups in total. The van der Waals surface area contributed by atoms with E-state index in [1.807, 2.05) is 45.2 Å². The van der Waals surface area contributed by atoms with E-state index in [0.717, 1.165) is 3.57 Å². The standard InChI is InChI=1S/C10H6I2N2O3/c11-5-3-6(10(16)17)9(7(12)4-5)14-8(15)1-2-13/h3-4H,1H2,(H,14,15)(H,16,17). The smallest absolute Gasteiger partial charge is 0.337 e. The molecule has 0 radical (unpaired) electrons. The minimum atomic E-state index is -1.12. The van der Waals surface area contributed by atoms with E-state index < -0.39 is 11.9 Å². The third-order valence-electron chi connectivity index (χ3n) is 1.79. The number of benzene rings is 1. The van der Waals surface area contributed by atoms with Gasteiger partial charge in [0.15, 0.2) is 0 Å². The number of nitrogens with one attached hydrogen (secondary N) is 1. The molecule has 1 aromatic carbocycles. The SMILES string of the molecule is N#CCC(=O)Nc1c(I)cc(I)cc1C(=O)O. The van der Waals surface area contributed by atoms with Gasteiger partial charge >= 0.3 is 5.97 Å². The molecule has 0 atom stereocenters. The fourth-order valence-electron chi connectivity index (χ4n) is 1.12. The molecule has 0 saturated heterocycles. The Balaban J connectivity index is 3.18. The van der Waals surface area contributed by atoms with E-state index >= 15 is 0 Å². The Morgan fingerprint density at radius 1 is 1.41 bits per heavy atom. The van der Waals surface area contributed by atoms with Crippen molar-refractivity contribution in [3.63, 3.8) is 0 Å². The van der Waals surface area contributed by atoms with E-state index in [1.165, 1.54) is 6.07 Å². The summed E-state index contributed by atoms with van der Waals surface area (Å²) in [6.45, 7) is 0. The molecule has 1 aromatic rings. The molecule has 0 aliphatic heterocycles. The lowest BCUT2D eigenvalue weighted by molar-refractivity contribution is -0.115. The van der Waals surface area contributed by atoms with Gasteiger partial charge in [-0.25, -0.2) is 4.79 Å². The molecule has 0 spiro atoms. The number of hydrogen-bond donors (Lipinski definition) is 2. The number of carbonyl (C=O) groups is 2. The van der Waals surface area contributed by atoms with Crippen molar-refractivity contribution in [3.8, 4) is 6.07 Å². The summed E-state index contributed by atoms with van der Waals surface area (Å²) in [6, 6.07) is 4.91. The van der Waals surface area contributed by atoms with E-state index in [4.69, 9.17) is 10.4 Å². The van der Waals surface area contributed by atoms with E-state index in [2.05, 4.69) is 5.32 Å². The fraction of sp³-hybridized carbons (Fsp3) is 0.100. The number of aromatic carboxylic acids is 1. The minimum Gasteiger partial charge on any atom is -0.478 e. The lowest BCUT2D eigenvalue weighted by Crippen LogP contribution is -2.15. The molecular weight excluding hydrogens is 450 g/mol. The summed E-state index contributed by atoms with van der Waals surface area (Å²) in [7, 11) is 0. The van der Waals surface area contributed by atoms with Crippen molar-refractivity contribution in [1.29, 1.82) is 5.26 Å². The Morgan fingerprint density at radius 3 is 2.59 bits per heavy atom. The second-order valence-corrected chi connectivity index (χ2v) is 5.41. The van der Waals surface area contributed by atoms with Crippen LogP contribution in [0.2, 0.25) is 0 Å². The van der Waals surface area contributed by atoms with Gasteiger partial charge < -0.3 is 10.4 Å². The van der Waals surface area contributed by atoms with E-state index in [0.29, 0.717) is 3.57 Å². The maximum absolute atomic E-state index is 11.3. The molecule has 0 aliphatic carbocycles. The van der Waals surface area contributed by atoms with Crippen molar-refractivity contribution >= 4 is 62.7 Å². The maximum Gasteiger partial charge on any atom is 0.337 e. The number of nitrogens with zero attached hydrogens (tertiary/aromatic N) is 1. The van der Waals surface area contributed by atoms with Gasteiger partial charge in [-0.05, 0) is 57.3 Å². The summed E-state index contributed by atoms with van der Waals surface area (Å²) in [5.74, 6) is -1.64. The lowest BCUT2D eigenvalue weighted by atomic mass is 10.2. The molecule has 0 saturated carbocycles. The van der Waals surface area contributed by atoms with Gasteiger partial charge in [0.1, 0.15) is 6.42 Å². The van der Waals surface area contributed by atoms with Crippen molar-refractivity contribution in [2.45, 2.75) is 6.42 Å². The molecule has 88 valence electrons. The summed E-state index contributed by atoms with van der Waals surface area (Å²) in [5.41, 5.74) is 0.256. The molecule has 1 amide bonds. The van der Waals surface area contributed by atoms with Crippen LogP contribution in [0.15, 0.2) is 12.1 Å². The topological polar surface area (TPSA) is 90.2 Å². The van der Waals surface area contributed by atoms with Crippen LogP contribution in [-0.4, -0.2) is 17.0 Å². The highest BCUT2D eigenvalue weighted by Crippen LogP contribution is 2.26. The Hall–Kier alpha value is -0.890. The molecule has 0 bridgehead atoms. The quantitative estimate of drug-likeness (QED) is 0.685. The van der Waals surface area contributed by atoms with Crippen LogP contribution in [-0.2, 0) is 4.79 Å². The number of halogens is 2. The Bertz CT molecular complexity index is 523. The Morgan fingerprint density at radius 2 is 2.06 bits per heavy atom. The summed E-state index contributed by atoms with van der Waals surface area (Å²) in [6.07, 6.45) is -0.304. The number of hydrogen-bond acceptors (Lipinski definition) is 3. The van der Waals surface area contributed by atoms with Gasteiger partial charge in [-0.15, -0.1) is 0 Å². The van der Waals surface area contributed by atoms with Crippen LogP contribution in [0, 0.1) is 18.5 Å². The van der Waals surface area contributed by atoms with Gasteiger partial charge in [-0.1, -0.05) is 0 Å². The van der Waals surface area contributed by atoms with Gasteiger partial charge in [0.2, 0.25) is 5.91 Å². The first-order chi connectivity index (χ1) is 7.95. The molecule has 17 heavy (non-hydrogen) atoms. The third-order valence-corrected chi connectivity index (χ3v) is 3.26. The first-order valence-electron chi connectivity index (χ1n) is 4.35. The minimum absolute atomic E-state index is 0.0209. The lowest BCUT2D eigenvalue weighted by Gasteiger charge is -2.10. The second-order valence-electron chi connectivity index (χ2n) is 3.00. The largest absolute Gasteiger partial charge is 0.478 e. The molecule has 0 aromatic heterocycles. The van der Waals surface area contributed by atoms with Gasteiger partial charge in [0.25, 0.3) is 0 Å². The van der Waals surface area contributed by atoms with Gasteiger partial charge in [-0.3, -0.25) is 4.79 Å². The van der Waals surface area contributed by atoms with Crippen molar-refractivity contribution < 1.29 is 14.7 Å². The average Bonchev–Trinajstić information content (AvgIpc) is 2.21. The summed E-state index contributed by atoms with van der Waals surface area (Å²) in [5, 5.41) is 19.8. The Labute approximate surface area is 124 Å². The summed E-state index contributed by atoms with van der Waals surface area (Å²) < 4.78 is 1.39. The molecule has 0 heterocycles. The monoisotopic (exact) mass is 456 g/mol. The molecule has 5 nitrogen and oxygen atoms in total. The summed E-state index contributed by atoms with van der Waals surface area (Å²) in [4.78, 5) is 22.3. The third kappa shape index (κ3) is 3.81. The van der Waals surface area contributed by atoms with Crippen molar-refractivity contribution in [3.05, 3.63) is 24.8 Å².